The van der Waals surface area contributed by atoms with E-state index in [0.29, 0.717) is 12.2 Å². The van der Waals surface area contributed by atoms with E-state index in [4.69, 9.17) is 16.2 Å². The van der Waals surface area contributed by atoms with Crippen molar-refractivity contribution in [1.82, 2.24) is 29.9 Å². The van der Waals surface area contributed by atoms with Gasteiger partial charge in [0, 0.05) is 13.3 Å². The van der Waals surface area contributed by atoms with Crippen molar-refractivity contribution < 1.29 is 9.53 Å². The Kier molecular flexibility index (Phi) is 6.15. The molecule has 7 N–H and O–H groups in total. The monoisotopic (exact) mass is 326 g/mol. The van der Waals surface area contributed by atoms with Crippen LogP contribution in [0.5, 0.6) is 0 Å². The number of aromatic nitrogens is 6. The molecule has 0 saturated carbocycles. The van der Waals surface area contributed by atoms with E-state index in [9.17, 15) is 19.2 Å². The zero-order valence-corrected chi connectivity index (χ0v) is 12.0. The van der Waals surface area contributed by atoms with Crippen LogP contribution in [-0.4, -0.2) is 42.5 Å². The van der Waals surface area contributed by atoms with Gasteiger partial charge in [-0.2, -0.15) is 15.0 Å². The van der Waals surface area contributed by atoms with Gasteiger partial charge < -0.3 is 16.2 Å². The molecule has 23 heavy (non-hydrogen) atoms. The molecule has 0 spiro atoms. The van der Waals surface area contributed by atoms with Crippen molar-refractivity contribution in [1.29, 1.82) is 0 Å². The molecule has 2 aromatic rings. The maximum absolute atomic E-state index is 10.4. The fraction of sp³-hybridized carbons (Fsp3) is 0.300. The summed E-state index contributed by atoms with van der Waals surface area (Å²) in [5.74, 6) is 0.196. The molecule has 2 aromatic heterocycles. The van der Waals surface area contributed by atoms with Gasteiger partial charge in [-0.25, -0.2) is 14.4 Å². The largest absolute Gasteiger partial charge is 0.465 e. The Labute approximate surface area is 127 Å². The third-order valence-electron chi connectivity index (χ3n) is 2.03. The van der Waals surface area contributed by atoms with Gasteiger partial charge in [-0.3, -0.25) is 19.7 Å². The first-order valence-electron chi connectivity index (χ1n) is 6.08. The summed E-state index contributed by atoms with van der Waals surface area (Å²) in [6, 6.07) is 0. The fourth-order valence-corrected chi connectivity index (χ4v) is 1.26. The van der Waals surface area contributed by atoms with Crippen LogP contribution in [0.25, 0.3) is 0 Å². The lowest BCUT2D eigenvalue weighted by molar-refractivity contribution is -0.140. The molecule has 0 radical (unpaired) electrons. The Morgan fingerprint density at radius 3 is 1.78 bits per heavy atom. The van der Waals surface area contributed by atoms with Gasteiger partial charge in [0.1, 0.15) is 5.82 Å². The molecule has 13 nitrogen and oxygen atoms in total. The second-order valence-electron chi connectivity index (χ2n) is 3.92. The highest BCUT2D eigenvalue weighted by atomic mass is 16.5. The summed E-state index contributed by atoms with van der Waals surface area (Å²) in [5.41, 5.74) is 8.28. The van der Waals surface area contributed by atoms with E-state index in [0.717, 1.165) is 0 Å². The smallest absolute Gasteiger partial charge is 0.330 e. The highest BCUT2D eigenvalue weighted by molar-refractivity contribution is 5.65. The predicted octanol–water partition coefficient (Wildman–Crippen LogP) is -3.11. The first-order chi connectivity index (χ1) is 10.8. The van der Waals surface area contributed by atoms with Crippen molar-refractivity contribution in [3.05, 3.63) is 37.3 Å². The molecule has 0 aliphatic rings. The standard InChI is InChI=1S/C7H11N5O2.C3H3N3O3/c1-4(13)14-3-2-5-10-6(8)12-7(9)11-5;7-1-4-2(8)6-3(9)5-1/h2-3H2,1H3,(H4,8,9,10,11,12);(H3,4,5,6,7,8,9). The zero-order valence-electron chi connectivity index (χ0n) is 12.0. The molecule has 0 bridgehead atoms. The van der Waals surface area contributed by atoms with Crippen LogP contribution >= 0.6 is 0 Å². The minimum absolute atomic E-state index is 0.0651. The Hall–Kier alpha value is -3.51. The van der Waals surface area contributed by atoms with E-state index in [1.165, 1.54) is 6.92 Å². The molecule has 0 amide bonds. The molecule has 2 heterocycles. The predicted molar refractivity (Wildman–Crippen MR) is 77.3 cm³/mol. The number of nitrogens with zero attached hydrogens (tertiary/aromatic N) is 3. The van der Waals surface area contributed by atoms with Gasteiger partial charge in [-0.05, 0) is 0 Å². The summed E-state index contributed by atoms with van der Waals surface area (Å²) in [4.78, 5) is 57.6. The van der Waals surface area contributed by atoms with Gasteiger partial charge in [0.25, 0.3) is 0 Å². The van der Waals surface area contributed by atoms with E-state index < -0.39 is 17.1 Å². The van der Waals surface area contributed by atoms with Crippen LogP contribution in [0.4, 0.5) is 11.9 Å². The van der Waals surface area contributed by atoms with Crippen LogP contribution in [0.15, 0.2) is 14.4 Å². The molecular formula is C10H14N8O5. The van der Waals surface area contributed by atoms with Crippen LogP contribution < -0.4 is 28.5 Å². The first-order valence-corrected chi connectivity index (χ1v) is 6.08. The van der Waals surface area contributed by atoms with E-state index in [2.05, 4.69) is 15.0 Å². The number of rotatable bonds is 3. The number of nitrogen functional groups attached to an aromatic ring is 2. The number of carbonyl (C=O) groups is 1. The summed E-state index contributed by atoms with van der Waals surface area (Å²) in [5, 5.41) is 0. The average Bonchev–Trinajstić information content (AvgIpc) is 2.35. The Morgan fingerprint density at radius 1 is 0.957 bits per heavy atom. The lowest BCUT2D eigenvalue weighted by Gasteiger charge is -2.02. The number of H-pyrrole nitrogens is 3. The molecule has 0 aliphatic heterocycles. The first kappa shape index (κ1) is 17.5. The van der Waals surface area contributed by atoms with Crippen LogP contribution in [0.1, 0.15) is 12.7 Å². The average molecular weight is 326 g/mol. The van der Waals surface area contributed by atoms with E-state index in [-0.39, 0.29) is 24.5 Å². The van der Waals surface area contributed by atoms with Crippen LogP contribution in [-0.2, 0) is 16.0 Å². The highest BCUT2D eigenvalue weighted by Gasteiger charge is 2.02. The normalized spacial score (nSPS) is 9.61. The number of aromatic amines is 3. The maximum Gasteiger partial charge on any atom is 0.330 e. The van der Waals surface area contributed by atoms with Gasteiger partial charge in [0.2, 0.25) is 11.9 Å². The van der Waals surface area contributed by atoms with E-state index >= 15 is 0 Å². The Balaban J connectivity index is 0.000000253. The van der Waals surface area contributed by atoms with Crippen molar-refractivity contribution >= 4 is 17.9 Å². The zero-order chi connectivity index (χ0) is 17.4. The van der Waals surface area contributed by atoms with Gasteiger partial charge >= 0.3 is 23.0 Å². The second kappa shape index (κ2) is 8.06. The number of hydrogen-bond donors (Lipinski definition) is 5. The summed E-state index contributed by atoms with van der Waals surface area (Å²) < 4.78 is 4.70. The van der Waals surface area contributed by atoms with Gasteiger partial charge in [-0.15, -0.1) is 0 Å². The number of ether oxygens (including phenoxy) is 1. The van der Waals surface area contributed by atoms with Crippen molar-refractivity contribution in [2.75, 3.05) is 18.1 Å². The maximum atomic E-state index is 10.4. The Bertz CT molecular complexity index is 739. The van der Waals surface area contributed by atoms with Gasteiger partial charge in [0.05, 0.1) is 6.61 Å². The summed E-state index contributed by atoms with van der Waals surface area (Å²) in [6.45, 7) is 1.54. The molecule has 2 rings (SSSR count). The summed E-state index contributed by atoms with van der Waals surface area (Å²) >= 11 is 0. The molecule has 0 atom stereocenters. The molecule has 0 unspecified atom stereocenters. The SMILES string of the molecule is CC(=O)OCCc1nc(N)nc(N)n1.O=c1[nH]c(=O)[nH]c(=O)[nH]1. The molecule has 0 aliphatic carbocycles. The third kappa shape index (κ3) is 7.16. The topological polar surface area (TPSA) is 216 Å². The van der Waals surface area contributed by atoms with Gasteiger partial charge in [-0.1, -0.05) is 0 Å². The number of anilines is 2. The number of esters is 1. The molecule has 124 valence electrons. The second-order valence-corrected chi connectivity index (χ2v) is 3.92. The van der Waals surface area contributed by atoms with Crippen molar-refractivity contribution in [2.45, 2.75) is 13.3 Å². The van der Waals surface area contributed by atoms with Crippen LogP contribution in [0.3, 0.4) is 0 Å². The van der Waals surface area contributed by atoms with E-state index in [1.807, 2.05) is 0 Å². The minimum Gasteiger partial charge on any atom is -0.465 e. The van der Waals surface area contributed by atoms with Crippen molar-refractivity contribution in [2.24, 2.45) is 0 Å². The molecule has 0 fully saturated rings. The third-order valence-corrected chi connectivity index (χ3v) is 2.03. The number of nitrogens with one attached hydrogen (secondary N) is 3. The van der Waals surface area contributed by atoms with E-state index in [1.54, 1.807) is 15.0 Å². The van der Waals surface area contributed by atoms with Crippen LogP contribution in [0.2, 0.25) is 0 Å². The summed E-state index contributed by atoms with van der Waals surface area (Å²) in [7, 11) is 0. The fourth-order valence-electron chi connectivity index (χ4n) is 1.26. The highest BCUT2D eigenvalue weighted by Crippen LogP contribution is 1.99. The lowest BCUT2D eigenvalue weighted by atomic mass is 10.4. The minimum atomic E-state index is -0.802. The molecule has 0 aromatic carbocycles. The number of nitrogens with two attached hydrogens (primary N) is 2. The lowest BCUT2D eigenvalue weighted by Crippen LogP contribution is -2.34. The van der Waals surface area contributed by atoms with Crippen LogP contribution in [0, 0.1) is 0 Å². The number of carbonyl (C=O) groups excluding carboxylic acids is 1. The Morgan fingerprint density at radius 2 is 1.39 bits per heavy atom. The molecule has 13 heteroatoms. The van der Waals surface area contributed by atoms with Crippen molar-refractivity contribution in [3.63, 3.8) is 0 Å². The molecular weight excluding hydrogens is 312 g/mol. The summed E-state index contributed by atoms with van der Waals surface area (Å²) in [6.07, 6.45) is 0.372. The molecule has 0 saturated heterocycles. The number of hydrogen-bond acceptors (Lipinski definition) is 10. The van der Waals surface area contributed by atoms with Crippen molar-refractivity contribution in [3.8, 4) is 0 Å². The van der Waals surface area contributed by atoms with Gasteiger partial charge in [0.15, 0.2) is 0 Å². The quantitative estimate of drug-likeness (QED) is 0.357.